The minimum absolute atomic E-state index is 0.116. The first kappa shape index (κ1) is 13.8. The quantitative estimate of drug-likeness (QED) is 0.777. The zero-order chi connectivity index (χ0) is 15.0. The van der Waals surface area contributed by atoms with Crippen molar-refractivity contribution in [2.75, 3.05) is 0 Å². The van der Waals surface area contributed by atoms with Crippen molar-refractivity contribution < 1.29 is 13.6 Å². The van der Waals surface area contributed by atoms with Gasteiger partial charge in [-0.25, -0.2) is 4.39 Å². The number of rotatable bonds is 3. The number of carbonyl (C=O) groups excluding carboxylic acids is 1. The molecule has 3 aromatic rings. The van der Waals surface area contributed by atoms with Gasteiger partial charge in [0.25, 0.3) is 5.91 Å². The maximum Gasteiger partial charge on any atom is 0.287 e. The predicted octanol–water partition coefficient (Wildman–Crippen LogP) is 4.43. The number of thiophene rings is 1. The summed E-state index contributed by atoms with van der Waals surface area (Å²) in [5, 5.41) is 5.46. The number of aryl methyl sites for hydroxylation is 1. The summed E-state index contributed by atoms with van der Waals surface area (Å²) in [6.07, 6.45) is 0. The van der Waals surface area contributed by atoms with Crippen LogP contribution in [0.25, 0.3) is 11.0 Å². The lowest BCUT2D eigenvalue weighted by molar-refractivity contribution is 0.0913. The van der Waals surface area contributed by atoms with Gasteiger partial charge in [0.1, 0.15) is 0 Å². The van der Waals surface area contributed by atoms with Crippen LogP contribution in [0.15, 0.2) is 40.1 Å². The fraction of sp³-hybridized carbons (Fsp3) is 0.188. The number of halogens is 1. The Morgan fingerprint density at radius 1 is 1.33 bits per heavy atom. The Morgan fingerprint density at radius 2 is 2.14 bits per heavy atom. The summed E-state index contributed by atoms with van der Waals surface area (Å²) in [4.78, 5) is 13.4. The minimum Gasteiger partial charge on any atom is -0.448 e. The van der Waals surface area contributed by atoms with Gasteiger partial charge in [-0.3, -0.25) is 4.79 Å². The van der Waals surface area contributed by atoms with E-state index in [4.69, 9.17) is 4.42 Å². The van der Waals surface area contributed by atoms with Gasteiger partial charge in [0.15, 0.2) is 17.2 Å². The highest BCUT2D eigenvalue weighted by atomic mass is 32.1. The first-order valence-corrected chi connectivity index (χ1v) is 7.47. The van der Waals surface area contributed by atoms with Crippen LogP contribution in [-0.2, 0) is 0 Å². The number of benzene rings is 1. The molecule has 0 spiro atoms. The molecule has 0 aliphatic carbocycles. The van der Waals surface area contributed by atoms with Crippen molar-refractivity contribution in [3.8, 4) is 0 Å². The normalized spacial score (nSPS) is 12.5. The molecule has 0 unspecified atom stereocenters. The van der Waals surface area contributed by atoms with Crippen molar-refractivity contribution in [2.45, 2.75) is 19.9 Å². The fourth-order valence-electron chi connectivity index (χ4n) is 2.30. The summed E-state index contributed by atoms with van der Waals surface area (Å²) in [5.41, 5.74) is 0.782. The topological polar surface area (TPSA) is 42.2 Å². The van der Waals surface area contributed by atoms with Gasteiger partial charge in [-0.15, -0.1) is 11.3 Å². The molecule has 2 heterocycles. The molecule has 3 nitrogen and oxygen atoms in total. The van der Waals surface area contributed by atoms with Gasteiger partial charge in [-0.2, -0.15) is 0 Å². The molecule has 1 atom stereocenters. The van der Waals surface area contributed by atoms with Crippen molar-refractivity contribution in [3.05, 3.63) is 57.7 Å². The van der Waals surface area contributed by atoms with Gasteiger partial charge in [-0.1, -0.05) is 18.2 Å². The average molecular weight is 303 g/mol. The summed E-state index contributed by atoms with van der Waals surface area (Å²) in [5.74, 6) is -0.622. The molecule has 0 saturated carbocycles. The summed E-state index contributed by atoms with van der Waals surface area (Å²) >= 11 is 1.57. The van der Waals surface area contributed by atoms with Crippen LogP contribution in [0.2, 0.25) is 0 Å². The van der Waals surface area contributed by atoms with Gasteiger partial charge in [0.2, 0.25) is 0 Å². The lowest BCUT2D eigenvalue weighted by Crippen LogP contribution is -2.26. The van der Waals surface area contributed by atoms with Crippen LogP contribution in [0.5, 0.6) is 0 Å². The largest absolute Gasteiger partial charge is 0.448 e. The van der Waals surface area contributed by atoms with Gasteiger partial charge in [-0.05, 0) is 31.4 Å². The molecule has 1 aromatic carbocycles. The SMILES string of the molecule is Cc1c(C(=O)N[C@@H](C)c2cccs2)oc2c(F)cccc12. The van der Waals surface area contributed by atoms with Gasteiger partial charge in [0, 0.05) is 15.8 Å². The van der Waals surface area contributed by atoms with Crippen LogP contribution in [0, 0.1) is 12.7 Å². The monoisotopic (exact) mass is 303 g/mol. The molecule has 0 bridgehead atoms. The van der Waals surface area contributed by atoms with Crippen molar-refractivity contribution in [1.82, 2.24) is 5.32 Å². The van der Waals surface area contributed by atoms with Gasteiger partial charge < -0.3 is 9.73 Å². The van der Waals surface area contributed by atoms with E-state index >= 15 is 0 Å². The molecule has 2 aromatic heterocycles. The molecule has 21 heavy (non-hydrogen) atoms. The van der Waals surface area contributed by atoms with Crippen molar-refractivity contribution in [3.63, 3.8) is 0 Å². The number of carbonyl (C=O) groups is 1. The average Bonchev–Trinajstić information content (AvgIpc) is 3.08. The number of para-hydroxylation sites is 1. The Morgan fingerprint density at radius 3 is 2.81 bits per heavy atom. The fourth-order valence-corrected chi connectivity index (χ4v) is 3.03. The molecule has 0 fully saturated rings. The van der Waals surface area contributed by atoms with Gasteiger partial charge >= 0.3 is 0 Å². The molecule has 3 rings (SSSR count). The van der Waals surface area contributed by atoms with Crippen LogP contribution in [-0.4, -0.2) is 5.91 Å². The summed E-state index contributed by atoms with van der Waals surface area (Å²) < 4.78 is 19.1. The highest BCUT2D eigenvalue weighted by Gasteiger charge is 2.21. The smallest absolute Gasteiger partial charge is 0.287 e. The third kappa shape index (κ3) is 2.45. The number of amides is 1. The number of furan rings is 1. The van der Waals surface area contributed by atoms with Crippen molar-refractivity contribution >= 4 is 28.2 Å². The standard InChI is InChI=1S/C16H14FNO2S/c1-9-11-5-3-6-12(17)15(11)20-14(9)16(19)18-10(2)13-7-4-8-21-13/h3-8,10H,1-2H3,(H,18,19)/t10-/m0/s1. The lowest BCUT2D eigenvalue weighted by Gasteiger charge is -2.11. The highest BCUT2D eigenvalue weighted by Crippen LogP contribution is 2.28. The van der Waals surface area contributed by atoms with E-state index in [1.165, 1.54) is 6.07 Å². The zero-order valence-corrected chi connectivity index (χ0v) is 12.5. The summed E-state index contributed by atoms with van der Waals surface area (Å²) in [7, 11) is 0. The number of hydrogen-bond donors (Lipinski definition) is 1. The maximum atomic E-state index is 13.7. The molecular formula is C16H14FNO2S. The van der Waals surface area contributed by atoms with E-state index in [0.29, 0.717) is 10.9 Å². The second-order valence-corrected chi connectivity index (χ2v) is 5.86. The van der Waals surface area contributed by atoms with E-state index < -0.39 is 5.82 Å². The summed E-state index contributed by atoms with van der Waals surface area (Å²) in [6, 6.07) is 8.45. The van der Waals surface area contributed by atoms with Crippen LogP contribution < -0.4 is 5.32 Å². The van der Waals surface area contributed by atoms with Gasteiger partial charge in [0.05, 0.1) is 6.04 Å². The first-order valence-electron chi connectivity index (χ1n) is 6.60. The molecule has 0 radical (unpaired) electrons. The second-order valence-electron chi connectivity index (χ2n) is 4.88. The minimum atomic E-state index is -0.457. The van der Waals surface area contributed by atoms with E-state index in [9.17, 15) is 9.18 Å². The molecule has 0 aliphatic rings. The molecule has 108 valence electrons. The van der Waals surface area contributed by atoms with Crippen molar-refractivity contribution in [1.29, 1.82) is 0 Å². The zero-order valence-electron chi connectivity index (χ0n) is 11.6. The molecular weight excluding hydrogens is 289 g/mol. The third-order valence-electron chi connectivity index (χ3n) is 3.44. The second kappa shape index (κ2) is 5.33. The Labute approximate surface area is 125 Å². The molecule has 5 heteroatoms. The summed E-state index contributed by atoms with van der Waals surface area (Å²) in [6.45, 7) is 3.66. The van der Waals surface area contributed by atoms with Crippen LogP contribution >= 0.6 is 11.3 Å². The van der Waals surface area contributed by atoms with E-state index in [0.717, 1.165) is 4.88 Å². The third-order valence-corrected chi connectivity index (χ3v) is 4.49. The van der Waals surface area contributed by atoms with E-state index in [2.05, 4.69) is 5.32 Å². The van der Waals surface area contributed by atoms with Crippen molar-refractivity contribution in [2.24, 2.45) is 0 Å². The van der Waals surface area contributed by atoms with Crippen LogP contribution in [0.1, 0.15) is 34.0 Å². The molecule has 1 amide bonds. The van der Waals surface area contributed by atoms with E-state index in [1.807, 2.05) is 24.4 Å². The Kier molecular flexibility index (Phi) is 3.51. The van der Waals surface area contributed by atoms with Crippen LogP contribution in [0.4, 0.5) is 4.39 Å². The lowest BCUT2D eigenvalue weighted by atomic mass is 10.1. The Balaban J connectivity index is 1.91. The molecule has 1 N–H and O–H groups in total. The highest BCUT2D eigenvalue weighted by molar-refractivity contribution is 7.10. The number of hydrogen-bond acceptors (Lipinski definition) is 3. The maximum absolute atomic E-state index is 13.7. The number of nitrogens with one attached hydrogen (secondary N) is 1. The molecule has 0 saturated heterocycles. The van der Waals surface area contributed by atoms with E-state index in [-0.39, 0.29) is 23.3 Å². The molecule has 0 aliphatic heterocycles. The predicted molar refractivity (Wildman–Crippen MR) is 81.1 cm³/mol. The Hall–Kier alpha value is -2.14. The number of fused-ring (bicyclic) bond motifs is 1. The van der Waals surface area contributed by atoms with Crippen LogP contribution in [0.3, 0.4) is 0 Å². The first-order chi connectivity index (χ1) is 10.1. The van der Waals surface area contributed by atoms with E-state index in [1.54, 1.807) is 30.4 Å². The Bertz CT molecular complexity index is 792.